The Hall–Kier alpha value is -2.94. The molecule has 0 aliphatic carbocycles. The molecule has 1 aromatic heterocycles. The Bertz CT molecular complexity index is 1070. The number of alkyl halides is 3. The molecule has 0 unspecified atom stereocenters. The number of esters is 1. The number of thioether (sulfide) groups is 1. The van der Waals surface area contributed by atoms with Gasteiger partial charge < -0.3 is 14.2 Å². The summed E-state index contributed by atoms with van der Waals surface area (Å²) in [5.74, 6) is 0.131. The fraction of sp³-hybridized carbons (Fsp3) is 0.238. The van der Waals surface area contributed by atoms with Crippen molar-refractivity contribution in [3.8, 4) is 17.2 Å². The maximum absolute atomic E-state index is 13.6. The number of pyridine rings is 1. The van der Waals surface area contributed by atoms with Crippen molar-refractivity contribution in [1.29, 1.82) is 0 Å². The van der Waals surface area contributed by atoms with Crippen molar-refractivity contribution in [3.05, 3.63) is 53.6 Å². The normalized spacial score (nSPS) is 11.4. The molecule has 0 bridgehead atoms. The van der Waals surface area contributed by atoms with Gasteiger partial charge in [0.05, 0.1) is 24.8 Å². The van der Waals surface area contributed by atoms with Gasteiger partial charge in [-0.25, -0.2) is 9.78 Å². The second-order valence-electron chi connectivity index (χ2n) is 6.02. The summed E-state index contributed by atoms with van der Waals surface area (Å²) in [5, 5.41) is 0.141. The van der Waals surface area contributed by atoms with Crippen LogP contribution in [0.25, 0.3) is 10.9 Å². The van der Waals surface area contributed by atoms with Gasteiger partial charge in [-0.2, -0.15) is 13.2 Å². The number of hydrogen-bond donors (Lipinski definition) is 0. The van der Waals surface area contributed by atoms with E-state index < -0.39 is 17.7 Å². The van der Waals surface area contributed by atoms with Crippen molar-refractivity contribution < 1.29 is 32.2 Å². The number of ether oxygens (including phenoxy) is 3. The van der Waals surface area contributed by atoms with Crippen LogP contribution in [0, 0.1) is 0 Å². The lowest BCUT2D eigenvalue weighted by atomic mass is 10.1. The number of para-hydroxylation sites is 1. The summed E-state index contributed by atoms with van der Waals surface area (Å²) in [6.45, 7) is 1.73. The smallest absolute Gasteiger partial charge is 0.418 e. The Labute approximate surface area is 175 Å². The van der Waals surface area contributed by atoms with Gasteiger partial charge in [-0.3, -0.25) is 0 Å². The molecule has 3 rings (SSSR count). The fourth-order valence-electron chi connectivity index (χ4n) is 2.86. The molecule has 9 heteroatoms. The van der Waals surface area contributed by atoms with Crippen LogP contribution >= 0.6 is 11.8 Å². The van der Waals surface area contributed by atoms with Crippen LogP contribution in [0.1, 0.15) is 22.8 Å². The third-order valence-electron chi connectivity index (χ3n) is 4.19. The van der Waals surface area contributed by atoms with Crippen molar-refractivity contribution in [2.75, 3.05) is 20.0 Å². The topological polar surface area (TPSA) is 57.7 Å². The third-order valence-corrected chi connectivity index (χ3v) is 4.87. The first-order chi connectivity index (χ1) is 14.3. The molecule has 0 amide bonds. The predicted molar refractivity (Wildman–Crippen MR) is 108 cm³/mol. The number of fused-ring (bicyclic) bond motifs is 1. The van der Waals surface area contributed by atoms with Crippen molar-refractivity contribution in [2.45, 2.75) is 18.1 Å². The van der Waals surface area contributed by atoms with Gasteiger partial charge in [0.15, 0.2) is 5.75 Å². The number of hydrogen-bond acceptors (Lipinski definition) is 6. The van der Waals surface area contributed by atoms with Crippen LogP contribution < -0.4 is 9.47 Å². The summed E-state index contributed by atoms with van der Waals surface area (Å²) in [4.78, 5) is 16.8. The van der Waals surface area contributed by atoms with Gasteiger partial charge in [0.1, 0.15) is 22.1 Å². The monoisotopic (exact) mass is 437 g/mol. The molecule has 0 aliphatic heterocycles. The molecule has 0 radical (unpaired) electrons. The summed E-state index contributed by atoms with van der Waals surface area (Å²) in [5.41, 5.74) is -1.23. The predicted octanol–water partition coefficient (Wildman–Crippen LogP) is 5.95. The zero-order valence-corrected chi connectivity index (χ0v) is 17.2. The maximum atomic E-state index is 13.6. The molecule has 0 N–H and O–H groups in total. The van der Waals surface area contributed by atoms with E-state index in [0.29, 0.717) is 11.5 Å². The van der Waals surface area contributed by atoms with Crippen LogP contribution in [0.2, 0.25) is 0 Å². The number of aromatic nitrogens is 1. The molecule has 0 fully saturated rings. The summed E-state index contributed by atoms with van der Waals surface area (Å²) < 4.78 is 56.9. The first-order valence-corrected chi connectivity index (χ1v) is 10.1. The summed E-state index contributed by atoms with van der Waals surface area (Å²) >= 11 is 1.04. The zero-order chi connectivity index (χ0) is 21.9. The number of rotatable bonds is 6. The van der Waals surface area contributed by atoms with E-state index in [4.69, 9.17) is 14.2 Å². The van der Waals surface area contributed by atoms with Crippen molar-refractivity contribution >= 4 is 28.6 Å². The molecular formula is C21H18F3NO4S. The lowest BCUT2D eigenvalue weighted by Crippen LogP contribution is -2.12. The van der Waals surface area contributed by atoms with E-state index in [9.17, 15) is 18.0 Å². The van der Waals surface area contributed by atoms with Crippen molar-refractivity contribution in [3.63, 3.8) is 0 Å². The van der Waals surface area contributed by atoms with Gasteiger partial charge in [-0.15, -0.1) is 11.8 Å². The Morgan fingerprint density at radius 2 is 1.77 bits per heavy atom. The lowest BCUT2D eigenvalue weighted by Gasteiger charge is -2.18. The highest BCUT2D eigenvalue weighted by atomic mass is 32.2. The van der Waals surface area contributed by atoms with E-state index >= 15 is 0 Å². The molecule has 5 nitrogen and oxygen atoms in total. The third kappa shape index (κ3) is 4.30. The fourth-order valence-corrected chi connectivity index (χ4v) is 3.43. The molecule has 0 spiro atoms. The van der Waals surface area contributed by atoms with Gasteiger partial charge in [-0.1, -0.05) is 6.07 Å². The molecular weight excluding hydrogens is 419 g/mol. The van der Waals surface area contributed by atoms with E-state index in [0.717, 1.165) is 17.8 Å². The number of carbonyl (C=O) groups is 1. The molecule has 0 saturated carbocycles. The molecule has 30 heavy (non-hydrogen) atoms. The first-order valence-electron chi connectivity index (χ1n) is 8.87. The van der Waals surface area contributed by atoms with Crippen LogP contribution in [0.3, 0.4) is 0 Å². The highest BCUT2D eigenvalue weighted by Gasteiger charge is 2.35. The molecule has 3 aromatic rings. The second kappa shape index (κ2) is 8.83. The van der Waals surface area contributed by atoms with E-state index in [1.54, 1.807) is 37.4 Å². The Balaban J connectivity index is 2.30. The summed E-state index contributed by atoms with van der Waals surface area (Å²) in [7, 11) is 1.51. The minimum Gasteiger partial charge on any atom is -0.497 e. The quantitative estimate of drug-likeness (QED) is 0.351. The van der Waals surface area contributed by atoms with Gasteiger partial charge in [-0.05, 0) is 49.6 Å². The van der Waals surface area contributed by atoms with Crippen LogP contribution in [0.15, 0.2) is 47.5 Å². The van der Waals surface area contributed by atoms with E-state index in [1.807, 2.05) is 0 Å². The highest BCUT2D eigenvalue weighted by molar-refractivity contribution is 7.98. The van der Waals surface area contributed by atoms with Gasteiger partial charge in [0.2, 0.25) is 0 Å². The average Bonchev–Trinajstić information content (AvgIpc) is 2.72. The Kier molecular flexibility index (Phi) is 6.40. The Morgan fingerprint density at radius 3 is 2.33 bits per heavy atom. The standard InChI is InChI=1S/C21H18F3NO4S/c1-4-28-20(26)16-18(29-13-10-8-12(27-2)9-11-13)14-6-5-7-15(21(22,23)24)17(14)25-19(16)30-3/h5-11H,4H2,1-3H3. The van der Waals surface area contributed by atoms with E-state index in [2.05, 4.69) is 4.98 Å². The molecule has 0 saturated heterocycles. The minimum absolute atomic E-state index is 0.0213. The summed E-state index contributed by atoms with van der Waals surface area (Å²) in [6.07, 6.45) is -3.00. The molecule has 1 heterocycles. The molecule has 0 aliphatic rings. The van der Waals surface area contributed by atoms with E-state index in [-0.39, 0.29) is 33.8 Å². The molecule has 158 valence electrons. The largest absolute Gasteiger partial charge is 0.497 e. The van der Waals surface area contributed by atoms with Crippen molar-refractivity contribution in [2.24, 2.45) is 0 Å². The van der Waals surface area contributed by atoms with Gasteiger partial charge in [0.25, 0.3) is 0 Å². The van der Waals surface area contributed by atoms with Crippen LogP contribution in [-0.4, -0.2) is 30.9 Å². The van der Waals surface area contributed by atoms with Crippen molar-refractivity contribution in [1.82, 2.24) is 4.98 Å². The average molecular weight is 437 g/mol. The van der Waals surface area contributed by atoms with E-state index in [1.165, 1.54) is 19.2 Å². The van der Waals surface area contributed by atoms with Crippen LogP contribution in [-0.2, 0) is 10.9 Å². The zero-order valence-electron chi connectivity index (χ0n) is 16.4. The molecule has 0 atom stereocenters. The molecule has 2 aromatic carbocycles. The SMILES string of the molecule is CCOC(=O)c1c(SC)nc2c(C(F)(F)F)cccc2c1Oc1ccc(OC)cc1. The summed E-state index contributed by atoms with van der Waals surface area (Å²) in [6, 6.07) is 10.1. The number of methoxy groups -OCH3 is 1. The number of halogens is 3. The highest BCUT2D eigenvalue weighted by Crippen LogP contribution is 2.42. The number of benzene rings is 2. The van der Waals surface area contributed by atoms with Gasteiger partial charge >= 0.3 is 12.1 Å². The second-order valence-corrected chi connectivity index (χ2v) is 6.82. The lowest BCUT2D eigenvalue weighted by molar-refractivity contribution is -0.136. The Morgan fingerprint density at radius 1 is 1.10 bits per heavy atom. The van der Waals surface area contributed by atoms with Crippen LogP contribution in [0.4, 0.5) is 13.2 Å². The number of carbonyl (C=O) groups excluding carboxylic acids is 1. The van der Waals surface area contributed by atoms with Gasteiger partial charge in [0, 0.05) is 5.39 Å². The minimum atomic E-state index is -4.62. The number of nitrogens with zero attached hydrogens (tertiary/aromatic N) is 1. The van der Waals surface area contributed by atoms with Crippen LogP contribution in [0.5, 0.6) is 17.2 Å². The maximum Gasteiger partial charge on any atom is 0.418 e. The first kappa shape index (κ1) is 21.8.